The molecule has 1 fully saturated rings. The number of rotatable bonds is 3. The summed E-state index contributed by atoms with van der Waals surface area (Å²) in [6.45, 7) is 1.74. The summed E-state index contributed by atoms with van der Waals surface area (Å²) in [5.74, 6) is 0.498. The smallest absolute Gasteiger partial charge is 0.346 e. The van der Waals surface area contributed by atoms with Gasteiger partial charge in [-0.3, -0.25) is 4.79 Å². The van der Waals surface area contributed by atoms with Crippen LogP contribution in [-0.2, 0) is 10.3 Å². The summed E-state index contributed by atoms with van der Waals surface area (Å²) in [5, 5.41) is 7.90. The number of carbonyl (C=O) groups excluding carboxylic acids is 2. The molecule has 0 saturated carbocycles. The second kappa shape index (κ2) is 6.03. The zero-order chi connectivity index (χ0) is 18.3. The van der Waals surface area contributed by atoms with E-state index in [0.717, 1.165) is 5.01 Å². The lowest BCUT2D eigenvalue weighted by Crippen LogP contribution is -2.40. The number of nitrogens with one attached hydrogen (secondary N) is 1. The molecule has 1 N–H and O–H groups in total. The highest BCUT2D eigenvalue weighted by atomic mass is 35.5. The van der Waals surface area contributed by atoms with E-state index in [1.54, 1.807) is 43.3 Å². The maximum Gasteiger partial charge on any atom is 0.346 e. The SMILES string of the molecule is C[C@@]1(c2ccccc2)NC(=O)N(/N=C\c2cc(Cl)c3c(c2)OCO3)C1=O. The third kappa shape index (κ3) is 2.57. The molecule has 7 nitrogen and oxygen atoms in total. The van der Waals surface area contributed by atoms with Gasteiger partial charge in [0.05, 0.1) is 11.2 Å². The Labute approximate surface area is 154 Å². The van der Waals surface area contributed by atoms with Crippen LogP contribution in [0.15, 0.2) is 47.6 Å². The van der Waals surface area contributed by atoms with Gasteiger partial charge in [0.15, 0.2) is 11.5 Å². The predicted octanol–water partition coefficient (Wildman–Crippen LogP) is 2.87. The number of hydrazone groups is 1. The number of ether oxygens (including phenoxy) is 2. The molecule has 2 aliphatic heterocycles. The summed E-state index contributed by atoms with van der Waals surface area (Å²) >= 11 is 6.13. The molecule has 8 heteroatoms. The first kappa shape index (κ1) is 16.4. The molecule has 4 rings (SSSR count). The summed E-state index contributed by atoms with van der Waals surface area (Å²) < 4.78 is 10.5. The molecule has 2 aromatic carbocycles. The Morgan fingerprint density at radius 1 is 1.23 bits per heavy atom. The number of nitrogens with zero attached hydrogens (tertiary/aromatic N) is 2. The molecule has 3 amide bonds. The van der Waals surface area contributed by atoms with Crippen LogP contribution in [0.2, 0.25) is 5.02 Å². The number of imide groups is 1. The maximum atomic E-state index is 12.8. The molecule has 132 valence electrons. The van der Waals surface area contributed by atoms with Gasteiger partial charge in [0, 0.05) is 0 Å². The molecule has 2 heterocycles. The Morgan fingerprint density at radius 3 is 2.77 bits per heavy atom. The average Bonchev–Trinajstić information content (AvgIpc) is 3.19. The van der Waals surface area contributed by atoms with E-state index in [1.807, 2.05) is 6.07 Å². The minimum Gasteiger partial charge on any atom is -0.454 e. The first-order chi connectivity index (χ1) is 12.5. The van der Waals surface area contributed by atoms with E-state index in [1.165, 1.54) is 6.21 Å². The molecule has 0 unspecified atom stereocenters. The topological polar surface area (TPSA) is 80.2 Å². The molecular formula is C18H14ClN3O4. The second-order valence-corrected chi connectivity index (χ2v) is 6.43. The lowest BCUT2D eigenvalue weighted by Gasteiger charge is -2.20. The highest BCUT2D eigenvalue weighted by Gasteiger charge is 2.49. The van der Waals surface area contributed by atoms with Crippen molar-refractivity contribution in [1.29, 1.82) is 0 Å². The quantitative estimate of drug-likeness (QED) is 0.664. The van der Waals surface area contributed by atoms with Crippen molar-refractivity contribution in [3.63, 3.8) is 0 Å². The van der Waals surface area contributed by atoms with Crippen LogP contribution in [0.5, 0.6) is 11.5 Å². The molecule has 2 aliphatic rings. The summed E-state index contributed by atoms with van der Waals surface area (Å²) in [7, 11) is 0. The van der Waals surface area contributed by atoms with Crippen LogP contribution < -0.4 is 14.8 Å². The normalized spacial score (nSPS) is 21.5. The summed E-state index contributed by atoms with van der Waals surface area (Å²) in [6.07, 6.45) is 1.38. The maximum absolute atomic E-state index is 12.8. The van der Waals surface area contributed by atoms with Crippen molar-refractivity contribution in [3.05, 3.63) is 58.6 Å². The van der Waals surface area contributed by atoms with Crippen molar-refractivity contribution in [2.45, 2.75) is 12.5 Å². The van der Waals surface area contributed by atoms with Crippen molar-refractivity contribution < 1.29 is 19.1 Å². The van der Waals surface area contributed by atoms with Crippen LogP contribution in [0.4, 0.5) is 4.79 Å². The van der Waals surface area contributed by atoms with E-state index in [-0.39, 0.29) is 6.79 Å². The van der Waals surface area contributed by atoms with Crippen LogP contribution in [-0.4, -0.2) is 30.0 Å². The fraction of sp³-hybridized carbons (Fsp3) is 0.167. The number of urea groups is 1. The van der Waals surface area contributed by atoms with E-state index in [2.05, 4.69) is 10.4 Å². The Hall–Kier alpha value is -3.06. The van der Waals surface area contributed by atoms with Crippen LogP contribution in [0, 0.1) is 0 Å². The summed E-state index contributed by atoms with van der Waals surface area (Å²) in [6, 6.07) is 11.7. The Morgan fingerprint density at radius 2 is 2.00 bits per heavy atom. The van der Waals surface area contributed by atoms with Gasteiger partial charge in [0.1, 0.15) is 5.54 Å². The van der Waals surface area contributed by atoms with Gasteiger partial charge in [-0.1, -0.05) is 41.9 Å². The van der Waals surface area contributed by atoms with Crippen molar-refractivity contribution in [2.24, 2.45) is 5.10 Å². The first-order valence-electron chi connectivity index (χ1n) is 7.84. The molecule has 0 spiro atoms. The Bertz CT molecular complexity index is 932. The number of benzene rings is 2. The lowest BCUT2D eigenvalue weighted by atomic mass is 9.92. The van der Waals surface area contributed by atoms with Gasteiger partial charge < -0.3 is 14.8 Å². The zero-order valence-corrected chi connectivity index (χ0v) is 14.5. The van der Waals surface area contributed by atoms with Crippen LogP contribution >= 0.6 is 11.6 Å². The molecule has 0 aromatic heterocycles. The van der Waals surface area contributed by atoms with Crippen LogP contribution in [0.1, 0.15) is 18.1 Å². The number of halogens is 1. The van der Waals surface area contributed by atoms with Gasteiger partial charge >= 0.3 is 6.03 Å². The molecule has 0 radical (unpaired) electrons. The largest absolute Gasteiger partial charge is 0.454 e. The predicted molar refractivity (Wildman–Crippen MR) is 94.3 cm³/mol. The van der Waals surface area contributed by atoms with E-state index >= 15 is 0 Å². The minimum absolute atomic E-state index is 0.0953. The van der Waals surface area contributed by atoms with E-state index in [4.69, 9.17) is 21.1 Å². The molecule has 1 atom stereocenters. The zero-order valence-electron chi connectivity index (χ0n) is 13.7. The average molecular weight is 372 g/mol. The third-order valence-electron chi connectivity index (χ3n) is 4.29. The minimum atomic E-state index is -1.16. The Kier molecular flexibility index (Phi) is 3.81. The summed E-state index contributed by atoms with van der Waals surface area (Å²) in [4.78, 5) is 25.0. The van der Waals surface area contributed by atoms with Crippen molar-refractivity contribution in [1.82, 2.24) is 10.3 Å². The number of fused-ring (bicyclic) bond motifs is 1. The van der Waals surface area contributed by atoms with Gasteiger partial charge in [-0.05, 0) is 30.2 Å². The lowest BCUT2D eigenvalue weighted by molar-refractivity contribution is -0.131. The monoisotopic (exact) mass is 371 g/mol. The highest BCUT2D eigenvalue weighted by Crippen LogP contribution is 2.39. The molecule has 1 saturated heterocycles. The first-order valence-corrected chi connectivity index (χ1v) is 8.22. The van der Waals surface area contributed by atoms with Gasteiger partial charge in [-0.15, -0.1) is 5.01 Å². The van der Waals surface area contributed by atoms with Crippen LogP contribution in [0.25, 0.3) is 0 Å². The van der Waals surface area contributed by atoms with E-state index in [0.29, 0.717) is 27.6 Å². The standard InChI is InChI=1S/C18H14ClN3O4/c1-18(12-5-3-2-4-6-12)16(23)22(17(24)21-18)20-9-11-7-13(19)15-14(8-11)25-10-26-15/h2-9H,10H2,1H3,(H,21,24)/b20-9-/t18-/m0/s1. The molecule has 0 aliphatic carbocycles. The van der Waals surface area contributed by atoms with Gasteiger partial charge in [0.2, 0.25) is 6.79 Å². The van der Waals surface area contributed by atoms with E-state index < -0.39 is 17.5 Å². The molecule has 2 aromatic rings. The molecule has 26 heavy (non-hydrogen) atoms. The van der Waals surface area contributed by atoms with Gasteiger partial charge in [-0.2, -0.15) is 5.10 Å². The fourth-order valence-corrected chi connectivity index (χ4v) is 3.16. The number of amides is 3. The van der Waals surface area contributed by atoms with Crippen molar-refractivity contribution >= 4 is 29.8 Å². The summed E-state index contributed by atoms with van der Waals surface area (Å²) in [5.41, 5.74) is 0.0951. The fourth-order valence-electron chi connectivity index (χ4n) is 2.88. The van der Waals surface area contributed by atoms with E-state index in [9.17, 15) is 9.59 Å². The Balaban J connectivity index is 1.61. The van der Waals surface area contributed by atoms with Crippen molar-refractivity contribution in [2.75, 3.05) is 6.79 Å². The van der Waals surface area contributed by atoms with Gasteiger partial charge in [-0.25, -0.2) is 4.79 Å². The molecular weight excluding hydrogens is 358 g/mol. The van der Waals surface area contributed by atoms with Gasteiger partial charge in [0.25, 0.3) is 5.91 Å². The number of carbonyl (C=O) groups is 2. The van der Waals surface area contributed by atoms with Crippen molar-refractivity contribution in [3.8, 4) is 11.5 Å². The number of hydrogen-bond donors (Lipinski definition) is 1. The second-order valence-electron chi connectivity index (χ2n) is 6.02. The highest BCUT2D eigenvalue weighted by molar-refractivity contribution is 6.32. The van der Waals surface area contributed by atoms with Crippen LogP contribution in [0.3, 0.4) is 0 Å². The third-order valence-corrected chi connectivity index (χ3v) is 4.57. The molecule has 0 bridgehead atoms. The number of hydrogen-bond acceptors (Lipinski definition) is 5.